The number of ether oxygens (including phenoxy) is 1. The third-order valence-electron chi connectivity index (χ3n) is 5.07. The number of nitrogens with zero attached hydrogens (tertiary/aromatic N) is 4. The van der Waals surface area contributed by atoms with Crippen LogP contribution in [0, 0.1) is 10.1 Å². The van der Waals surface area contributed by atoms with Crippen LogP contribution in [0.3, 0.4) is 0 Å². The lowest BCUT2D eigenvalue weighted by atomic mass is 10.2. The van der Waals surface area contributed by atoms with Gasteiger partial charge in [0, 0.05) is 38.9 Å². The maximum absolute atomic E-state index is 12.6. The molecule has 162 valence electrons. The summed E-state index contributed by atoms with van der Waals surface area (Å²) >= 11 is 0. The third-order valence-corrected chi connectivity index (χ3v) is 6.52. The summed E-state index contributed by atoms with van der Waals surface area (Å²) in [6.07, 6.45) is 1.62. The second-order valence-corrected chi connectivity index (χ2v) is 8.60. The van der Waals surface area contributed by atoms with E-state index in [1.165, 1.54) is 13.2 Å². The van der Waals surface area contributed by atoms with Crippen molar-refractivity contribution < 1.29 is 18.1 Å². The molecule has 1 aliphatic rings. The van der Waals surface area contributed by atoms with Crippen LogP contribution in [0.15, 0.2) is 41.4 Å². The summed E-state index contributed by atoms with van der Waals surface area (Å²) < 4.78 is 32.6. The SMILES string of the molecule is CCN1CCN(c2ccc(CNS(=O)(=O)c3ccc(OC)cc3[N+](=O)[O-])cn2)CC1. The second-order valence-electron chi connectivity index (χ2n) is 6.86. The van der Waals surface area contributed by atoms with Crippen molar-refractivity contribution in [3.8, 4) is 5.75 Å². The Kier molecular flexibility index (Phi) is 6.85. The molecule has 1 aromatic heterocycles. The number of nitrogens with one attached hydrogen (secondary N) is 1. The minimum atomic E-state index is -4.09. The van der Waals surface area contributed by atoms with Crippen molar-refractivity contribution in [2.45, 2.75) is 18.4 Å². The summed E-state index contributed by atoms with van der Waals surface area (Å²) in [5.74, 6) is 1.06. The van der Waals surface area contributed by atoms with E-state index in [2.05, 4.69) is 26.4 Å². The Morgan fingerprint density at radius 3 is 2.50 bits per heavy atom. The van der Waals surface area contributed by atoms with Crippen LogP contribution in [0.4, 0.5) is 11.5 Å². The number of hydrogen-bond donors (Lipinski definition) is 1. The molecule has 1 aromatic carbocycles. The fraction of sp³-hybridized carbons (Fsp3) is 0.421. The number of rotatable bonds is 8. The number of aromatic nitrogens is 1. The Morgan fingerprint density at radius 2 is 1.93 bits per heavy atom. The van der Waals surface area contributed by atoms with E-state index in [-0.39, 0.29) is 12.3 Å². The Bertz CT molecular complexity index is 989. The largest absolute Gasteiger partial charge is 0.497 e. The zero-order chi connectivity index (χ0) is 21.7. The van der Waals surface area contributed by atoms with Crippen molar-refractivity contribution in [1.29, 1.82) is 0 Å². The lowest BCUT2D eigenvalue weighted by Gasteiger charge is -2.34. The topological polar surface area (TPSA) is 118 Å². The van der Waals surface area contributed by atoms with Gasteiger partial charge in [0.1, 0.15) is 11.6 Å². The van der Waals surface area contributed by atoms with Crippen LogP contribution in [0.25, 0.3) is 0 Å². The molecule has 3 rings (SSSR count). The van der Waals surface area contributed by atoms with E-state index < -0.39 is 25.5 Å². The summed E-state index contributed by atoms with van der Waals surface area (Å²) in [6.45, 7) is 6.92. The van der Waals surface area contributed by atoms with Gasteiger partial charge in [0.05, 0.1) is 18.1 Å². The van der Waals surface area contributed by atoms with E-state index in [0.717, 1.165) is 50.7 Å². The molecule has 10 nitrogen and oxygen atoms in total. The molecular weight excluding hydrogens is 410 g/mol. The molecule has 0 atom stereocenters. The fourth-order valence-corrected chi connectivity index (χ4v) is 4.42. The van der Waals surface area contributed by atoms with E-state index in [4.69, 9.17) is 4.74 Å². The molecule has 0 aliphatic carbocycles. The Labute approximate surface area is 175 Å². The van der Waals surface area contributed by atoms with E-state index in [0.29, 0.717) is 5.56 Å². The summed E-state index contributed by atoms with van der Waals surface area (Å²) in [5, 5.41) is 11.3. The second kappa shape index (κ2) is 9.37. The standard InChI is InChI=1S/C19H25N5O5S/c1-3-22-8-10-23(11-9-22)19-7-4-15(13-20-19)14-21-30(27,28)18-6-5-16(29-2)12-17(18)24(25)26/h4-7,12-13,21H,3,8-11,14H2,1-2H3. The van der Waals surface area contributed by atoms with Crippen LogP contribution in [0.1, 0.15) is 12.5 Å². The highest BCUT2D eigenvalue weighted by Crippen LogP contribution is 2.28. The highest BCUT2D eigenvalue weighted by Gasteiger charge is 2.26. The van der Waals surface area contributed by atoms with Crippen LogP contribution in [-0.4, -0.2) is 63.1 Å². The number of piperazine rings is 1. The number of pyridine rings is 1. The molecule has 1 fully saturated rings. The van der Waals surface area contributed by atoms with Crippen molar-refractivity contribution in [2.24, 2.45) is 0 Å². The molecule has 1 N–H and O–H groups in total. The molecule has 1 saturated heterocycles. The van der Waals surface area contributed by atoms with E-state index >= 15 is 0 Å². The summed E-state index contributed by atoms with van der Waals surface area (Å²) in [4.78, 5) is 19.1. The predicted molar refractivity (Wildman–Crippen MR) is 112 cm³/mol. The van der Waals surface area contributed by atoms with Gasteiger partial charge in [0.2, 0.25) is 10.0 Å². The number of nitro benzene ring substituents is 1. The van der Waals surface area contributed by atoms with Crippen LogP contribution in [0.2, 0.25) is 0 Å². The number of sulfonamides is 1. The highest BCUT2D eigenvalue weighted by atomic mass is 32.2. The minimum Gasteiger partial charge on any atom is -0.497 e. The first-order valence-corrected chi connectivity index (χ1v) is 11.1. The third kappa shape index (κ3) is 5.04. The number of likely N-dealkylation sites (N-methyl/N-ethyl adjacent to an activating group) is 1. The Balaban J connectivity index is 1.67. The molecule has 0 saturated carbocycles. The van der Waals surface area contributed by atoms with Gasteiger partial charge in [-0.25, -0.2) is 18.1 Å². The highest BCUT2D eigenvalue weighted by molar-refractivity contribution is 7.89. The number of benzene rings is 1. The van der Waals surface area contributed by atoms with Crippen molar-refractivity contribution in [2.75, 3.05) is 44.7 Å². The van der Waals surface area contributed by atoms with Gasteiger partial charge >= 0.3 is 0 Å². The lowest BCUT2D eigenvalue weighted by Crippen LogP contribution is -2.46. The van der Waals surface area contributed by atoms with Crippen LogP contribution in [0.5, 0.6) is 5.75 Å². The zero-order valence-electron chi connectivity index (χ0n) is 16.9. The molecule has 2 aromatic rings. The minimum absolute atomic E-state index is 0.0254. The molecule has 30 heavy (non-hydrogen) atoms. The van der Waals surface area contributed by atoms with Crippen molar-refractivity contribution >= 4 is 21.5 Å². The average molecular weight is 436 g/mol. The molecule has 11 heteroatoms. The van der Waals surface area contributed by atoms with Gasteiger partial charge in [-0.15, -0.1) is 0 Å². The van der Waals surface area contributed by atoms with Crippen molar-refractivity contribution in [3.05, 3.63) is 52.2 Å². The molecule has 0 spiro atoms. The van der Waals surface area contributed by atoms with Gasteiger partial charge < -0.3 is 14.5 Å². The zero-order valence-corrected chi connectivity index (χ0v) is 17.8. The van der Waals surface area contributed by atoms with E-state index in [1.807, 2.05) is 6.07 Å². The van der Waals surface area contributed by atoms with Crippen LogP contribution >= 0.6 is 0 Å². The number of hydrogen-bond acceptors (Lipinski definition) is 8. The first kappa shape index (κ1) is 21.9. The summed E-state index contributed by atoms with van der Waals surface area (Å²) in [5.41, 5.74) is 0.118. The monoisotopic (exact) mass is 435 g/mol. The molecule has 1 aliphatic heterocycles. The number of nitro groups is 1. The van der Waals surface area contributed by atoms with Crippen molar-refractivity contribution in [3.63, 3.8) is 0 Å². The molecule has 0 unspecified atom stereocenters. The van der Waals surface area contributed by atoms with Gasteiger partial charge in [-0.1, -0.05) is 13.0 Å². The predicted octanol–water partition coefficient (Wildman–Crippen LogP) is 1.62. The fourth-order valence-electron chi connectivity index (χ4n) is 3.25. The lowest BCUT2D eigenvalue weighted by molar-refractivity contribution is -0.387. The van der Waals surface area contributed by atoms with Gasteiger partial charge in [0.15, 0.2) is 4.90 Å². The molecule has 0 radical (unpaired) electrons. The van der Waals surface area contributed by atoms with E-state index in [1.54, 1.807) is 12.3 Å². The quantitative estimate of drug-likeness (QED) is 0.491. The van der Waals surface area contributed by atoms with Crippen LogP contribution in [-0.2, 0) is 16.6 Å². The molecule has 0 bridgehead atoms. The molecular formula is C19H25N5O5S. The Hall–Kier alpha value is -2.76. The summed E-state index contributed by atoms with van der Waals surface area (Å²) in [6, 6.07) is 7.29. The van der Waals surface area contributed by atoms with Crippen LogP contribution < -0.4 is 14.4 Å². The first-order chi connectivity index (χ1) is 14.3. The average Bonchev–Trinajstić information content (AvgIpc) is 2.77. The summed E-state index contributed by atoms with van der Waals surface area (Å²) in [7, 11) is -2.74. The van der Waals surface area contributed by atoms with E-state index in [9.17, 15) is 18.5 Å². The number of anilines is 1. The maximum Gasteiger partial charge on any atom is 0.293 e. The molecule has 0 amide bonds. The molecule has 2 heterocycles. The maximum atomic E-state index is 12.6. The number of methoxy groups -OCH3 is 1. The Morgan fingerprint density at radius 1 is 1.20 bits per heavy atom. The smallest absolute Gasteiger partial charge is 0.293 e. The first-order valence-electron chi connectivity index (χ1n) is 9.58. The normalized spacial score (nSPS) is 15.2. The van der Waals surface area contributed by atoms with Gasteiger partial charge in [-0.2, -0.15) is 0 Å². The van der Waals surface area contributed by atoms with Crippen molar-refractivity contribution in [1.82, 2.24) is 14.6 Å². The van der Waals surface area contributed by atoms with Gasteiger partial charge in [-0.3, -0.25) is 10.1 Å². The van der Waals surface area contributed by atoms with Gasteiger partial charge in [-0.05, 0) is 30.3 Å². The van der Waals surface area contributed by atoms with Gasteiger partial charge in [0.25, 0.3) is 5.69 Å².